The normalized spacial score (nSPS) is 16.0. The van der Waals surface area contributed by atoms with E-state index in [0.717, 1.165) is 10.9 Å². The van der Waals surface area contributed by atoms with Crippen molar-refractivity contribution in [3.8, 4) is 0 Å². The molecule has 7 heteroatoms. The fourth-order valence-electron chi connectivity index (χ4n) is 3.54. The van der Waals surface area contributed by atoms with Gasteiger partial charge < -0.3 is 20.5 Å². The molecule has 0 saturated heterocycles. The Kier molecular flexibility index (Phi) is 5.03. The molecular formula is C22H22N4O3. The summed E-state index contributed by atoms with van der Waals surface area (Å²) in [7, 11) is 0. The summed E-state index contributed by atoms with van der Waals surface area (Å²) in [6, 6.07) is 14.1. The summed E-state index contributed by atoms with van der Waals surface area (Å²) in [6.07, 6.45) is 1.88. The van der Waals surface area contributed by atoms with Crippen molar-refractivity contribution in [2.24, 2.45) is 0 Å². The second-order valence-electron chi connectivity index (χ2n) is 7.19. The standard InChI is InChI=1S/C22H22N4O3/c1-14-6-7-19-15(12-14)8-10-26(19)11-9-23-20(27)13-18-22(29)24-17-5-3-2-4-16(17)21(28)25-18/h2-8,10,12,18H,9,11,13H2,1H3,(H,23,27)(H,24,29)(H,25,28)/t18-/m1/s1. The van der Waals surface area contributed by atoms with Crippen LogP contribution in [0, 0.1) is 6.92 Å². The van der Waals surface area contributed by atoms with Crippen molar-refractivity contribution in [1.82, 2.24) is 15.2 Å². The molecule has 4 rings (SSSR count). The highest BCUT2D eigenvalue weighted by molar-refractivity contribution is 6.10. The van der Waals surface area contributed by atoms with E-state index in [-0.39, 0.29) is 18.2 Å². The number of aryl methyl sites for hydroxylation is 1. The topological polar surface area (TPSA) is 92.2 Å². The summed E-state index contributed by atoms with van der Waals surface area (Å²) in [5.74, 6) is -1.06. The monoisotopic (exact) mass is 390 g/mol. The van der Waals surface area contributed by atoms with Crippen LogP contribution in [0.2, 0.25) is 0 Å². The maximum absolute atomic E-state index is 12.4. The third-order valence-electron chi connectivity index (χ3n) is 5.04. The molecule has 29 heavy (non-hydrogen) atoms. The molecule has 0 radical (unpaired) electrons. The first-order chi connectivity index (χ1) is 14.0. The predicted molar refractivity (Wildman–Crippen MR) is 111 cm³/mol. The summed E-state index contributed by atoms with van der Waals surface area (Å²) in [5.41, 5.74) is 3.15. The predicted octanol–water partition coefficient (Wildman–Crippen LogP) is 2.21. The number of carbonyl (C=O) groups is 3. The molecule has 0 aliphatic carbocycles. The summed E-state index contributed by atoms with van der Waals surface area (Å²) in [6.45, 7) is 3.10. The van der Waals surface area contributed by atoms with E-state index in [0.29, 0.717) is 24.3 Å². The molecule has 1 aliphatic heterocycles. The van der Waals surface area contributed by atoms with Crippen molar-refractivity contribution in [1.29, 1.82) is 0 Å². The first-order valence-electron chi connectivity index (χ1n) is 9.54. The van der Waals surface area contributed by atoms with Gasteiger partial charge in [-0.05, 0) is 42.6 Å². The molecule has 1 aromatic heterocycles. The molecule has 0 bridgehead atoms. The van der Waals surface area contributed by atoms with Gasteiger partial charge >= 0.3 is 0 Å². The number of fused-ring (bicyclic) bond motifs is 2. The highest BCUT2D eigenvalue weighted by Gasteiger charge is 2.29. The largest absolute Gasteiger partial charge is 0.354 e. The lowest BCUT2D eigenvalue weighted by atomic mass is 10.1. The van der Waals surface area contributed by atoms with E-state index in [4.69, 9.17) is 0 Å². The van der Waals surface area contributed by atoms with Crippen molar-refractivity contribution in [2.75, 3.05) is 11.9 Å². The van der Waals surface area contributed by atoms with Crippen molar-refractivity contribution in [3.05, 3.63) is 65.9 Å². The molecule has 148 valence electrons. The van der Waals surface area contributed by atoms with Crippen LogP contribution in [0.5, 0.6) is 0 Å². The number of carbonyl (C=O) groups excluding carboxylic acids is 3. The smallest absolute Gasteiger partial charge is 0.254 e. The van der Waals surface area contributed by atoms with Crippen LogP contribution >= 0.6 is 0 Å². The molecule has 3 N–H and O–H groups in total. The van der Waals surface area contributed by atoms with Crippen LogP contribution in [-0.4, -0.2) is 34.9 Å². The van der Waals surface area contributed by atoms with Gasteiger partial charge in [0.25, 0.3) is 5.91 Å². The summed E-state index contributed by atoms with van der Waals surface area (Å²) in [5, 5.41) is 9.33. The molecule has 2 aromatic carbocycles. The zero-order chi connectivity index (χ0) is 20.4. The first-order valence-corrected chi connectivity index (χ1v) is 9.54. The van der Waals surface area contributed by atoms with Gasteiger partial charge in [-0.2, -0.15) is 0 Å². The van der Waals surface area contributed by atoms with Gasteiger partial charge in [-0.15, -0.1) is 0 Å². The van der Waals surface area contributed by atoms with E-state index >= 15 is 0 Å². The minimum Gasteiger partial charge on any atom is -0.354 e. The van der Waals surface area contributed by atoms with Crippen LogP contribution in [0.15, 0.2) is 54.7 Å². The second kappa shape index (κ2) is 7.79. The molecule has 0 saturated carbocycles. The maximum atomic E-state index is 12.4. The molecule has 3 amide bonds. The summed E-state index contributed by atoms with van der Waals surface area (Å²) < 4.78 is 2.08. The van der Waals surface area contributed by atoms with Crippen molar-refractivity contribution < 1.29 is 14.4 Å². The van der Waals surface area contributed by atoms with Gasteiger partial charge in [0.15, 0.2) is 0 Å². The number of nitrogens with one attached hydrogen (secondary N) is 3. The van der Waals surface area contributed by atoms with E-state index in [2.05, 4.69) is 45.6 Å². The minimum absolute atomic E-state index is 0.114. The Labute approximate surface area is 168 Å². The molecule has 0 fully saturated rings. The first kappa shape index (κ1) is 18.7. The summed E-state index contributed by atoms with van der Waals surface area (Å²) in [4.78, 5) is 37.0. The van der Waals surface area contributed by atoms with Crippen LogP contribution in [0.4, 0.5) is 5.69 Å². The summed E-state index contributed by atoms with van der Waals surface area (Å²) >= 11 is 0. The van der Waals surface area contributed by atoms with E-state index < -0.39 is 11.9 Å². The number of nitrogens with zero attached hydrogens (tertiary/aromatic N) is 1. The van der Waals surface area contributed by atoms with Crippen molar-refractivity contribution in [3.63, 3.8) is 0 Å². The third kappa shape index (κ3) is 3.99. The Bertz CT molecular complexity index is 1100. The van der Waals surface area contributed by atoms with Crippen LogP contribution in [0.25, 0.3) is 10.9 Å². The lowest BCUT2D eigenvalue weighted by molar-refractivity contribution is -0.125. The number of amides is 3. The van der Waals surface area contributed by atoms with Gasteiger partial charge in [-0.3, -0.25) is 14.4 Å². The van der Waals surface area contributed by atoms with E-state index in [9.17, 15) is 14.4 Å². The molecule has 0 spiro atoms. The lowest BCUT2D eigenvalue weighted by Gasteiger charge is -2.14. The number of benzene rings is 2. The zero-order valence-electron chi connectivity index (χ0n) is 16.1. The fourth-order valence-corrected chi connectivity index (χ4v) is 3.54. The number of aromatic nitrogens is 1. The highest BCUT2D eigenvalue weighted by Crippen LogP contribution is 2.19. The van der Waals surface area contributed by atoms with Crippen LogP contribution < -0.4 is 16.0 Å². The average molecular weight is 390 g/mol. The SMILES string of the molecule is Cc1ccc2c(ccn2CCNC(=O)C[C@H]2NC(=O)c3ccccc3NC2=O)c1. The lowest BCUT2D eigenvalue weighted by Crippen LogP contribution is -2.44. The van der Waals surface area contributed by atoms with Crippen LogP contribution in [-0.2, 0) is 16.1 Å². The fraction of sp³-hybridized carbons (Fsp3) is 0.227. The number of hydrogen-bond donors (Lipinski definition) is 3. The molecule has 1 atom stereocenters. The molecule has 3 aromatic rings. The Morgan fingerprint density at radius 2 is 1.97 bits per heavy atom. The quantitative estimate of drug-likeness (QED) is 0.624. The van der Waals surface area contributed by atoms with Gasteiger partial charge in [0.05, 0.1) is 17.7 Å². The van der Waals surface area contributed by atoms with Gasteiger partial charge in [0, 0.05) is 24.8 Å². The second-order valence-corrected chi connectivity index (χ2v) is 7.19. The van der Waals surface area contributed by atoms with Crippen molar-refractivity contribution >= 4 is 34.3 Å². The van der Waals surface area contributed by atoms with E-state index in [1.807, 2.05) is 12.3 Å². The zero-order valence-corrected chi connectivity index (χ0v) is 16.1. The Balaban J connectivity index is 1.34. The van der Waals surface area contributed by atoms with Gasteiger partial charge in [0.2, 0.25) is 11.8 Å². The maximum Gasteiger partial charge on any atom is 0.254 e. The van der Waals surface area contributed by atoms with E-state index in [1.165, 1.54) is 5.56 Å². The highest BCUT2D eigenvalue weighted by atomic mass is 16.2. The van der Waals surface area contributed by atoms with Crippen LogP contribution in [0.1, 0.15) is 22.3 Å². The van der Waals surface area contributed by atoms with Crippen LogP contribution in [0.3, 0.4) is 0 Å². The number of rotatable bonds is 5. The number of hydrogen-bond acceptors (Lipinski definition) is 3. The molecule has 0 unspecified atom stereocenters. The van der Waals surface area contributed by atoms with E-state index in [1.54, 1.807) is 24.3 Å². The number of anilines is 1. The molecule has 2 heterocycles. The Morgan fingerprint density at radius 3 is 2.83 bits per heavy atom. The van der Waals surface area contributed by atoms with Gasteiger partial charge in [-0.1, -0.05) is 23.8 Å². The molecule has 7 nitrogen and oxygen atoms in total. The molecular weight excluding hydrogens is 368 g/mol. The Morgan fingerprint density at radius 1 is 1.14 bits per heavy atom. The Hall–Kier alpha value is -3.61. The van der Waals surface area contributed by atoms with Gasteiger partial charge in [-0.25, -0.2) is 0 Å². The van der Waals surface area contributed by atoms with Crippen molar-refractivity contribution in [2.45, 2.75) is 25.9 Å². The van der Waals surface area contributed by atoms with Gasteiger partial charge in [0.1, 0.15) is 6.04 Å². The average Bonchev–Trinajstić information content (AvgIpc) is 3.04. The minimum atomic E-state index is -0.912. The third-order valence-corrected chi connectivity index (χ3v) is 5.04. The number of para-hydroxylation sites is 1. The molecule has 1 aliphatic rings.